The van der Waals surface area contributed by atoms with Crippen LogP contribution in [0.15, 0.2) is 24.5 Å². The van der Waals surface area contributed by atoms with Crippen LogP contribution in [-0.2, 0) is 17.8 Å². The average molecular weight is 271 g/mol. The Bertz CT molecular complexity index is 584. The molecule has 0 fully saturated rings. The second-order valence-electron chi connectivity index (χ2n) is 5.02. The lowest BCUT2D eigenvalue weighted by molar-refractivity contribution is -0.117. The van der Waals surface area contributed by atoms with Crippen LogP contribution in [0.5, 0.6) is 0 Å². The van der Waals surface area contributed by atoms with Gasteiger partial charge in [-0.05, 0) is 37.5 Å². The standard InChI is InChI=1S/C14H17N5O/c1-10(11-5-7-15-8-6-11)13(20)17-14-16-12-4-2-3-9-19(12)18-14/h5-8,10H,2-4,9H2,1H3,(H,17,18,20). The molecule has 1 atom stereocenters. The Labute approximate surface area is 117 Å². The Morgan fingerprint density at radius 1 is 1.35 bits per heavy atom. The highest BCUT2D eigenvalue weighted by atomic mass is 16.2. The number of rotatable bonds is 3. The summed E-state index contributed by atoms with van der Waals surface area (Å²) in [6.07, 6.45) is 6.57. The molecule has 0 spiro atoms. The summed E-state index contributed by atoms with van der Waals surface area (Å²) in [4.78, 5) is 20.5. The van der Waals surface area contributed by atoms with Gasteiger partial charge < -0.3 is 0 Å². The van der Waals surface area contributed by atoms with E-state index in [0.29, 0.717) is 5.95 Å². The first-order chi connectivity index (χ1) is 9.74. The predicted molar refractivity (Wildman–Crippen MR) is 74.2 cm³/mol. The molecule has 20 heavy (non-hydrogen) atoms. The highest BCUT2D eigenvalue weighted by molar-refractivity contribution is 5.94. The first-order valence-electron chi connectivity index (χ1n) is 6.88. The van der Waals surface area contributed by atoms with Crippen molar-refractivity contribution in [1.82, 2.24) is 19.7 Å². The monoisotopic (exact) mass is 271 g/mol. The van der Waals surface area contributed by atoms with Crippen LogP contribution in [0.2, 0.25) is 0 Å². The number of hydrogen-bond acceptors (Lipinski definition) is 4. The highest BCUT2D eigenvalue weighted by Crippen LogP contribution is 2.17. The van der Waals surface area contributed by atoms with E-state index < -0.39 is 0 Å². The molecule has 1 amide bonds. The van der Waals surface area contributed by atoms with Gasteiger partial charge in [0.15, 0.2) is 0 Å². The molecule has 6 heteroatoms. The molecule has 6 nitrogen and oxygen atoms in total. The number of hydrogen-bond donors (Lipinski definition) is 1. The summed E-state index contributed by atoms with van der Waals surface area (Å²) in [7, 11) is 0. The largest absolute Gasteiger partial charge is 0.293 e. The number of carbonyl (C=O) groups is 1. The van der Waals surface area contributed by atoms with E-state index in [-0.39, 0.29) is 11.8 Å². The van der Waals surface area contributed by atoms with Gasteiger partial charge in [0.1, 0.15) is 5.82 Å². The minimum absolute atomic E-state index is 0.0980. The molecule has 0 aromatic carbocycles. The summed E-state index contributed by atoms with van der Waals surface area (Å²) in [6.45, 7) is 2.75. The molecule has 3 rings (SSSR count). The molecule has 1 unspecified atom stereocenters. The van der Waals surface area contributed by atoms with Crippen molar-refractivity contribution in [2.45, 2.75) is 38.6 Å². The molecule has 3 heterocycles. The quantitative estimate of drug-likeness (QED) is 0.923. The fourth-order valence-corrected chi connectivity index (χ4v) is 2.36. The number of anilines is 1. The Hall–Kier alpha value is -2.24. The fraction of sp³-hybridized carbons (Fsp3) is 0.429. The second kappa shape index (κ2) is 5.40. The van der Waals surface area contributed by atoms with Crippen molar-refractivity contribution >= 4 is 11.9 Å². The molecular weight excluding hydrogens is 254 g/mol. The Morgan fingerprint density at radius 3 is 2.90 bits per heavy atom. The van der Waals surface area contributed by atoms with E-state index in [9.17, 15) is 4.79 Å². The molecule has 104 valence electrons. The molecule has 1 N–H and O–H groups in total. The second-order valence-corrected chi connectivity index (χ2v) is 5.02. The molecule has 0 radical (unpaired) electrons. The first kappa shape index (κ1) is 12.8. The van der Waals surface area contributed by atoms with Gasteiger partial charge in [0.05, 0.1) is 5.92 Å². The summed E-state index contributed by atoms with van der Waals surface area (Å²) in [5.41, 5.74) is 0.932. The van der Waals surface area contributed by atoms with Gasteiger partial charge in [-0.1, -0.05) is 0 Å². The molecule has 0 bridgehead atoms. The molecule has 2 aromatic heterocycles. The summed E-state index contributed by atoms with van der Waals surface area (Å²) in [6, 6.07) is 3.69. The number of aryl methyl sites for hydroxylation is 2. The Morgan fingerprint density at radius 2 is 2.15 bits per heavy atom. The van der Waals surface area contributed by atoms with Crippen molar-refractivity contribution in [2.24, 2.45) is 0 Å². The number of nitrogens with one attached hydrogen (secondary N) is 1. The summed E-state index contributed by atoms with van der Waals surface area (Å²) < 4.78 is 1.89. The zero-order valence-corrected chi connectivity index (χ0v) is 11.4. The Balaban J connectivity index is 1.71. The van der Waals surface area contributed by atoms with Gasteiger partial charge in [-0.3, -0.25) is 15.1 Å². The fourth-order valence-electron chi connectivity index (χ4n) is 2.36. The molecule has 0 saturated carbocycles. The number of pyridine rings is 1. The summed E-state index contributed by atoms with van der Waals surface area (Å²) >= 11 is 0. The molecule has 2 aromatic rings. The van der Waals surface area contributed by atoms with E-state index in [0.717, 1.165) is 37.2 Å². The van der Waals surface area contributed by atoms with E-state index >= 15 is 0 Å². The van der Waals surface area contributed by atoms with Gasteiger partial charge in [0.2, 0.25) is 11.9 Å². The number of amides is 1. The number of aromatic nitrogens is 4. The van der Waals surface area contributed by atoms with E-state index in [1.807, 2.05) is 23.7 Å². The van der Waals surface area contributed by atoms with E-state index in [1.165, 1.54) is 0 Å². The van der Waals surface area contributed by atoms with Crippen molar-refractivity contribution in [3.63, 3.8) is 0 Å². The third-order valence-corrected chi connectivity index (χ3v) is 3.60. The highest BCUT2D eigenvalue weighted by Gasteiger charge is 2.19. The van der Waals surface area contributed by atoms with Gasteiger partial charge in [0, 0.05) is 25.4 Å². The van der Waals surface area contributed by atoms with Crippen LogP contribution in [0.1, 0.15) is 37.1 Å². The van der Waals surface area contributed by atoms with Crippen LogP contribution in [0.3, 0.4) is 0 Å². The first-order valence-corrected chi connectivity index (χ1v) is 6.88. The lowest BCUT2D eigenvalue weighted by Crippen LogP contribution is -2.19. The normalized spacial score (nSPS) is 15.4. The third-order valence-electron chi connectivity index (χ3n) is 3.60. The SMILES string of the molecule is CC(C(=O)Nc1nc2n(n1)CCCC2)c1ccncc1. The lowest BCUT2D eigenvalue weighted by Gasteiger charge is -2.10. The molecule has 0 saturated heterocycles. The molecule has 0 aliphatic carbocycles. The van der Waals surface area contributed by atoms with Gasteiger partial charge in [-0.2, -0.15) is 4.98 Å². The van der Waals surface area contributed by atoms with Crippen LogP contribution in [-0.4, -0.2) is 25.7 Å². The Kier molecular flexibility index (Phi) is 3.45. The van der Waals surface area contributed by atoms with Gasteiger partial charge in [0.25, 0.3) is 0 Å². The van der Waals surface area contributed by atoms with E-state index in [1.54, 1.807) is 12.4 Å². The van der Waals surface area contributed by atoms with Crippen molar-refractivity contribution in [2.75, 3.05) is 5.32 Å². The number of carbonyl (C=O) groups excluding carboxylic acids is 1. The summed E-state index contributed by atoms with van der Waals surface area (Å²) in [5.74, 6) is 1.02. The minimum Gasteiger partial charge on any atom is -0.293 e. The van der Waals surface area contributed by atoms with Crippen molar-refractivity contribution in [3.05, 3.63) is 35.9 Å². The average Bonchev–Trinajstić information content (AvgIpc) is 2.89. The molecule has 1 aliphatic heterocycles. The molecule has 1 aliphatic rings. The van der Waals surface area contributed by atoms with Crippen molar-refractivity contribution < 1.29 is 4.79 Å². The summed E-state index contributed by atoms with van der Waals surface area (Å²) in [5, 5.41) is 7.12. The van der Waals surface area contributed by atoms with Gasteiger partial charge in [-0.15, -0.1) is 5.10 Å². The smallest absolute Gasteiger partial charge is 0.248 e. The van der Waals surface area contributed by atoms with Crippen LogP contribution in [0.25, 0.3) is 0 Å². The maximum absolute atomic E-state index is 12.2. The van der Waals surface area contributed by atoms with Crippen molar-refractivity contribution in [3.8, 4) is 0 Å². The van der Waals surface area contributed by atoms with E-state index in [4.69, 9.17) is 0 Å². The van der Waals surface area contributed by atoms with Crippen molar-refractivity contribution in [1.29, 1.82) is 0 Å². The maximum atomic E-state index is 12.2. The number of fused-ring (bicyclic) bond motifs is 1. The zero-order chi connectivity index (χ0) is 13.9. The maximum Gasteiger partial charge on any atom is 0.248 e. The van der Waals surface area contributed by atoms with Gasteiger partial charge >= 0.3 is 0 Å². The minimum atomic E-state index is -0.251. The zero-order valence-electron chi connectivity index (χ0n) is 11.4. The van der Waals surface area contributed by atoms with Crippen LogP contribution >= 0.6 is 0 Å². The molecular formula is C14H17N5O. The van der Waals surface area contributed by atoms with Crippen LogP contribution in [0, 0.1) is 0 Å². The van der Waals surface area contributed by atoms with Crippen LogP contribution < -0.4 is 5.32 Å². The lowest BCUT2D eigenvalue weighted by atomic mass is 10.0. The third kappa shape index (κ3) is 2.54. The predicted octanol–water partition coefficient (Wildman–Crippen LogP) is 1.75. The van der Waals surface area contributed by atoms with E-state index in [2.05, 4.69) is 20.4 Å². The number of nitrogens with zero attached hydrogens (tertiary/aromatic N) is 4. The van der Waals surface area contributed by atoms with Gasteiger partial charge in [-0.25, -0.2) is 4.68 Å². The topological polar surface area (TPSA) is 72.7 Å². The van der Waals surface area contributed by atoms with Crippen LogP contribution in [0.4, 0.5) is 5.95 Å².